The summed E-state index contributed by atoms with van der Waals surface area (Å²) in [5.41, 5.74) is 0.998. The third kappa shape index (κ3) is 3.69. The highest BCUT2D eigenvalue weighted by atomic mass is 35.5. The van der Waals surface area contributed by atoms with Gasteiger partial charge in [-0.05, 0) is 12.1 Å². The van der Waals surface area contributed by atoms with Crippen LogP contribution < -0.4 is 16.4 Å². The molecule has 0 spiro atoms. The Labute approximate surface area is 148 Å². The number of aromatic nitrogens is 1. The molecular weight excluding hydrogens is 348 g/mol. The Kier molecular flexibility index (Phi) is 5.10. The first-order valence-corrected chi connectivity index (χ1v) is 8.39. The van der Waals surface area contributed by atoms with Crippen LogP contribution in [0.5, 0.6) is 0 Å². The summed E-state index contributed by atoms with van der Waals surface area (Å²) in [6.07, 6.45) is 0.150. The predicted octanol–water partition coefficient (Wildman–Crippen LogP) is 0.184. The molecule has 8 nitrogen and oxygen atoms in total. The van der Waals surface area contributed by atoms with Crippen molar-refractivity contribution in [1.29, 1.82) is 0 Å². The quantitative estimate of drug-likeness (QED) is 0.805. The van der Waals surface area contributed by atoms with E-state index in [1.807, 2.05) is 0 Å². The minimum atomic E-state index is -0.520. The van der Waals surface area contributed by atoms with Gasteiger partial charge < -0.3 is 20.0 Å². The second-order valence-corrected chi connectivity index (χ2v) is 6.28. The number of carbonyl (C=O) groups excluding carboxylic acids is 2. The van der Waals surface area contributed by atoms with Crippen LogP contribution in [0.2, 0.25) is 5.02 Å². The maximum atomic E-state index is 12.5. The molecule has 2 aromatic rings. The van der Waals surface area contributed by atoms with Gasteiger partial charge in [0.05, 0.1) is 5.52 Å². The van der Waals surface area contributed by atoms with E-state index >= 15 is 0 Å². The fraction of sp³-hybridized carbons (Fsp3) is 0.438. The molecule has 0 unspecified atom stereocenters. The molecule has 0 radical (unpaired) electrons. The highest BCUT2D eigenvalue weighted by Crippen LogP contribution is 2.18. The molecule has 2 amide bonds. The lowest BCUT2D eigenvalue weighted by Gasteiger charge is -2.32. The van der Waals surface area contributed by atoms with Gasteiger partial charge in [0.2, 0.25) is 11.8 Å². The molecule has 1 fully saturated rings. The van der Waals surface area contributed by atoms with Crippen LogP contribution in [0.25, 0.3) is 11.1 Å². The molecule has 1 atom stereocenters. The van der Waals surface area contributed by atoms with Crippen molar-refractivity contribution < 1.29 is 14.0 Å². The van der Waals surface area contributed by atoms with Gasteiger partial charge in [0.15, 0.2) is 5.58 Å². The number of nitrogens with one attached hydrogen (secondary N) is 2. The van der Waals surface area contributed by atoms with Gasteiger partial charge in [-0.1, -0.05) is 11.6 Å². The first-order chi connectivity index (χ1) is 12.0. The van der Waals surface area contributed by atoms with E-state index in [0.29, 0.717) is 35.8 Å². The third-order valence-corrected chi connectivity index (χ3v) is 4.51. The molecule has 1 aromatic heterocycles. The molecule has 0 aliphatic carbocycles. The molecule has 1 saturated heterocycles. The Morgan fingerprint density at radius 2 is 2.24 bits per heavy atom. The number of aryl methyl sites for hydroxylation is 1. The van der Waals surface area contributed by atoms with Crippen molar-refractivity contribution in [1.82, 2.24) is 20.1 Å². The van der Waals surface area contributed by atoms with E-state index in [2.05, 4.69) is 10.6 Å². The molecule has 2 N–H and O–H groups in total. The summed E-state index contributed by atoms with van der Waals surface area (Å²) in [4.78, 5) is 37.8. The molecular formula is C16H19ClN4O4. The summed E-state index contributed by atoms with van der Waals surface area (Å²) in [6.45, 7) is 1.61. The van der Waals surface area contributed by atoms with E-state index in [-0.39, 0.29) is 24.8 Å². The molecule has 3 rings (SSSR count). The number of halogens is 1. The van der Waals surface area contributed by atoms with Crippen LogP contribution in [0, 0.1) is 0 Å². The summed E-state index contributed by atoms with van der Waals surface area (Å²) >= 11 is 5.89. The summed E-state index contributed by atoms with van der Waals surface area (Å²) in [7, 11) is 1.56. The average Bonchev–Trinajstić information content (AvgIpc) is 2.93. The van der Waals surface area contributed by atoms with Gasteiger partial charge in [0.25, 0.3) is 0 Å². The Morgan fingerprint density at radius 1 is 1.44 bits per heavy atom. The summed E-state index contributed by atoms with van der Waals surface area (Å²) in [5.74, 6) is -0.773. The van der Waals surface area contributed by atoms with Gasteiger partial charge in [-0.2, -0.15) is 0 Å². The Balaban J connectivity index is 1.67. The third-order valence-electron chi connectivity index (χ3n) is 4.27. The lowest BCUT2D eigenvalue weighted by molar-refractivity contribution is -0.134. The SMILES string of the molecule is CNC(=O)[C@H]1CN(C(=O)CCn2c(=O)oc3cc(Cl)ccc32)CCN1. The molecule has 9 heteroatoms. The molecule has 1 aliphatic rings. The minimum absolute atomic E-state index is 0.106. The van der Waals surface area contributed by atoms with Gasteiger partial charge in [-0.3, -0.25) is 14.2 Å². The lowest BCUT2D eigenvalue weighted by Crippen LogP contribution is -2.58. The number of benzene rings is 1. The van der Waals surface area contributed by atoms with Crippen molar-refractivity contribution in [3.63, 3.8) is 0 Å². The topological polar surface area (TPSA) is 96.6 Å². The number of fused-ring (bicyclic) bond motifs is 1. The molecule has 25 heavy (non-hydrogen) atoms. The second kappa shape index (κ2) is 7.28. The number of piperazine rings is 1. The van der Waals surface area contributed by atoms with E-state index in [0.717, 1.165) is 0 Å². The number of nitrogens with zero attached hydrogens (tertiary/aromatic N) is 2. The monoisotopic (exact) mass is 366 g/mol. The maximum absolute atomic E-state index is 12.5. The molecule has 0 bridgehead atoms. The number of hydrogen-bond acceptors (Lipinski definition) is 5. The van der Waals surface area contributed by atoms with E-state index < -0.39 is 11.8 Å². The first-order valence-electron chi connectivity index (χ1n) is 8.01. The maximum Gasteiger partial charge on any atom is 0.419 e. The van der Waals surface area contributed by atoms with Crippen LogP contribution in [-0.4, -0.2) is 54.0 Å². The highest BCUT2D eigenvalue weighted by Gasteiger charge is 2.27. The van der Waals surface area contributed by atoms with E-state index in [1.54, 1.807) is 30.1 Å². The average molecular weight is 367 g/mol. The fourth-order valence-electron chi connectivity index (χ4n) is 2.94. The zero-order valence-electron chi connectivity index (χ0n) is 13.8. The van der Waals surface area contributed by atoms with Crippen molar-refractivity contribution in [2.75, 3.05) is 26.7 Å². The smallest absolute Gasteiger partial charge is 0.408 e. The highest BCUT2D eigenvalue weighted by molar-refractivity contribution is 6.31. The van der Waals surface area contributed by atoms with Crippen molar-refractivity contribution >= 4 is 34.5 Å². The van der Waals surface area contributed by atoms with E-state index in [4.69, 9.17) is 16.0 Å². The first kappa shape index (κ1) is 17.5. The van der Waals surface area contributed by atoms with Crippen LogP contribution in [0.1, 0.15) is 6.42 Å². The zero-order valence-corrected chi connectivity index (χ0v) is 14.5. The molecule has 1 aromatic carbocycles. The van der Waals surface area contributed by atoms with Crippen molar-refractivity contribution in [2.24, 2.45) is 0 Å². The van der Waals surface area contributed by atoms with Crippen LogP contribution in [0.3, 0.4) is 0 Å². The van der Waals surface area contributed by atoms with Crippen LogP contribution >= 0.6 is 11.6 Å². The van der Waals surface area contributed by atoms with Gasteiger partial charge >= 0.3 is 5.76 Å². The molecule has 1 aliphatic heterocycles. The van der Waals surface area contributed by atoms with Gasteiger partial charge in [0, 0.05) is 50.7 Å². The van der Waals surface area contributed by atoms with Crippen LogP contribution in [0.15, 0.2) is 27.4 Å². The van der Waals surface area contributed by atoms with Gasteiger partial charge in [-0.25, -0.2) is 4.79 Å². The number of oxazole rings is 1. The summed E-state index contributed by atoms with van der Waals surface area (Å²) in [5, 5.41) is 6.12. The Morgan fingerprint density at radius 3 is 3.00 bits per heavy atom. The largest absolute Gasteiger partial charge is 0.419 e. The van der Waals surface area contributed by atoms with Gasteiger partial charge in [0.1, 0.15) is 6.04 Å². The van der Waals surface area contributed by atoms with Crippen LogP contribution in [-0.2, 0) is 16.1 Å². The minimum Gasteiger partial charge on any atom is -0.408 e. The Bertz CT molecular complexity index is 859. The molecule has 134 valence electrons. The molecule has 0 saturated carbocycles. The Hall–Kier alpha value is -2.32. The van der Waals surface area contributed by atoms with Gasteiger partial charge in [-0.15, -0.1) is 0 Å². The van der Waals surface area contributed by atoms with E-state index in [9.17, 15) is 14.4 Å². The number of amides is 2. The number of rotatable bonds is 4. The summed E-state index contributed by atoms with van der Waals surface area (Å²) in [6, 6.07) is 4.52. The second-order valence-electron chi connectivity index (χ2n) is 5.84. The molecule has 2 heterocycles. The lowest BCUT2D eigenvalue weighted by atomic mass is 10.2. The van der Waals surface area contributed by atoms with Crippen molar-refractivity contribution in [2.45, 2.75) is 19.0 Å². The van der Waals surface area contributed by atoms with Crippen molar-refractivity contribution in [3.05, 3.63) is 33.8 Å². The van der Waals surface area contributed by atoms with Crippen molar-refractivity contribution in [3.8, 4) is 0 Å². The standard InChI is InChI=1S/C16H19ClN4O4/c1-18-15(23)11-9-20(7-5-19-11)14(22)4-6-21-12-3-2-10(17)8-13(12)25-16(21)24/h2-3,8,11,19H,4-7,9H2,1H3,(H,18,23)/t11-/m1/s1. The van der Waals surface area contributed by atoms with E-state index in [1.165, 1.54) is 4.57 Å². The number of likely N-dealkylation sites (N-methyl/N-ethyl adjacent to an activating group) is 1. The number of hydrogen-bond donors (Lipinski definition) is 2. The normalized spacial score (nSPS) is 17.7. The summed E-state index contributed by atoms with van der Waals surface area (Å²) < 4.78 is 6.57. The fourth-order valence-corrected chi connectivity index (χ4v) is 3.11. The number of carbonyl (C=O) groups is 2. The van der Waals surface area contributed by atoms with Crippen LogP contribution in [0.4, 0.5) is 0 Å². The zero-order chi connectivity index (χ0) is 18.0. The predicted molar refractivity (Wildman–Crippen MR) is 92.5 cm³/mol.